The van der Waals surface area contributed by atoms with Crippen molar-refractivity contribution < 1.29 is 23.6 Å². The van der Waals surface area contributed by atoms with Crippen LogP contribution in [0.25, 0.3) is 6.08 Å². The lowest BCUT2D eigenvalue weighted by molar-refractivity contribution is 0.0972. The van der Waals surface area contributed by atoms with Crippen LogP contribution in [0.1, 0.15) is 58.1 Å². The van der Waals surface area contributed by atoms with Gasteiger partial charge in [-0.3, -0.25) is 19.2 Å². The third-order valence-electron chi connectivity index (χ3n) is 5.94. The molecule has 174 valence electrons. The Morgan fingerprint density at radius 2 is 1.33 bits per heavy atom. The molecule has 0 atom stereocenters. The summed E-state index contributed by atoms with van der Waals surface area (Å²) in [4.78, 5) is 51.4. The Labute approximate surface area is 205 Å². The highest BCUT2D eigenvalue weighted by molar-refractivity contribution is 6.31. The SMILES string of the molecule is O=C(Nc1ccccc1F)c1ccc(/C=C/C(=O)c2cccc3c2C(=O)c2ccccc2C3=O)cc1. The molecule has 0 saturated heterocycles. The Balaban J connectivity index is 1.35. The zero-order chi connectivity index (χ0) is 25.2. The molecule has 4 aromatic rings. The minimum Gasteiger partial charge on any atom is -0.319 e. The summed E-state index contributed by atoms with van der Waals surface area (Å²) in [5, 5.41) is 2.52. The largest absolute Gasteiger partial charge is 0.319 e. The molecule has 0 unspecified atom stereocenters. The highest BCUT2D eigenvalue weighted by Crippen LogP contribution is 2.30. The maximum Gasteiger partial charge on any atom is 0.255 e. The second-order valence-corrected chi connectivity index (χ2v) is 8.19. The Morgan fingerprint density at radius 3 is 2.06 bits per heavy atom. The first-order valence-corrected chi connectivity index (χ1v) is 11.1. The van der Waals surface area contributed by atoms with Gasteiger partial charge in [-0.2, -0.15) is 0 Å². The number of carbonyl (C=O) groups is 4. The van der Waals surface area contributed by atoms with Gasteiger partial charge in [0.25, 0.3) is 5.91 Å². The lowest BCUT2D eigenvalue weighted by Gasteiger charge is -2.19. The molecule has 0 aromatic heterocycles. The molecule has 4 aromatic carbocycles. The average molecular weight is 475 g/mol. The van der Waals surface area contributed by atoms with Crippen LogP contribution in [0.2, 0.25) is 0 Å². The molecule has 36 heavy (non-hydrogen) atoms. The normalized spacial score (nSPS) is 12.2. The van der Waals surface area contributed by atoms with Gasteiger partial charge in [0, 0.05) is 33.4 Å². The molecule has 6 heteroatoms. The number of anilines is 1. The summed E-state index contributed by atoms with van der Waals surface area (Å²) in [6.45, 7) is 0. The maximum atomic E-state index is 13.8. The smallest absolute Gasteiger partial charge is 0.255 e. The molecule has 0 fully saturated rings. The maximum absolute atomic E-state index is 13.8. The second kappa shape index (κ2) is 9.35. The Morgan fingerprint density at radius 1 is 0.694 bits per heavy atom. The summed E-state index contributed by atoms with van der Waals surface area (Å²) in [6.07, 6.45) is 2.88. The fraction of sp³-hybridized carbons (Fsp3) is 0. The van der Waals surface area contributed by atoms with Crippen LogP contribution < -0.4 is 5.32 Å². The third kappa shape index (κ3) is 4.16. The van der Waals surface area contributed by atoms with Crippen LogP contribution >= 0.6 is 0 Å². The van der Waals surface area contributed by atoms with Gasteiger partial charge in [0.1, 0.15) is 5.82 Å². The number of allylic oxidation sites excluding steroid dienone is 1. The van der Waals surface area contributed by atoms with Crippen molar-refractivity contribution >= 4 is 35.0 Å². The highest BCUT2D eigenvalue weighted by Gasteiger charge is 2.32. The van der Waals surface area contributed by atoms with E-state index < -0.39 is 17.5 Å². The highest BCUT2D eigenvalue weighted by atomic mass is 19.1. The first kappa shape index (κ1) is 22.8. The lowest BCUT2D eigenvalue weighted by Crippen LogP contribution is -2.23. The molecule has 0 radical (unpaired) electrons. The standard InChI is InChI=1S/C30H18FNO4/c31-24-10-3-4-11-25(24)32-30(36)19-15-12-18(13-16-19)14-17-26(33)22-8-5-9-23-27(22)29(35)21-7-2-1-6-20(21)28(23)34/h1-17H,(H,32,36)/b17-14+. The van der Waals surface area contributed by atoms with Crippen molar-refractivity contribution in [2.45, 2.75) is 0 Å². The number of rotatable bonds is 5. The number of hydrogen-bond donors (Lipinski definition) is 1. The molecule has 0 spiro atoms. The fourth-order valence-corrected chi connectivity index (χ4v) is 4.11. The van der Waals surface area contributed by atoms with Gasteiger partial charge < -0.3 is 5.32 Å². The zero-order valence-corrected chi connectivity index (χ0v) is 18.8. The van der Waals surface area contributed by atoms with Gasteiger partial charge in [-0.05, 0) is 35.9 Å². The van der Waals surface area contributed by atoms with E-state index in [2.05, 4.69) is 5.32 Å². The van der Waals surface area contributed by atoms with Crippen molar-refractivity contribution in [3.05, 3.63) is 142 Å². The van der Waals surface area contributed by atoms with E-state index in [9.17, 15) is 23.6 Å². The van der Waals surface area contributed by atoms with E-state index in [-0.39, 0.29) is 39.5 Å². The van der Waals surface area contributed by atoms with Gasteiger partial charge in [0.2, 0.25) is 0 Å². The van der Waals surface area contributed by atoms with Gasteiger partial charge in [-0.25, -0.2) is 4.39 Å². The van der Waals surface area contributed by atoms with E-state index in [0.717, 1.165) is 0 Å². The van der Waals surface area contributed by atoms with Crippen molar-refractivity contribution in [1.82, 2.24) is 0 Å². The topological polar surface area (TPSA) is 80.3 Å². The number of amides is 1. The van der Waals surface area contributed by atoms with Gasteiger partial charge in [-0.15, -0.1) is 0 Å². The summed E-state index contributed by atoms with van der Waals surface area (Å²) in [7, 11) is 0. The molecule has 1 N–H and O–H groups in total. The Kier molecular flexibility index (Phi) is 5.92. The molecule has 0 bridgehead atoms. The first-order chi connectivity index (χ1) is 17.4. The summed E-state index contributed by atoms with van der Waals surface area (Å²) >= 11 is 0. The molecule has 5 rings (SSSR count). The predicted molar refractivity (Wildman–Crippen MR) is 134 cm³/mol. The van der Waals surface area contributed by atoms with Gasteiger partial charge >= 0.3 is 0 Å². The van der Waals surface area contributed by atoms with Crippen LogP contribution in [0.3, 0.4) is 0 Å². The molecular weight excluding hydrogens is 457 g/mol. The Bertz CT molecular complexity index is 1590. The minimum atomic E-state index is -0.532. The van der Waals surface area contributed by atoms with E-state index in [1.165, 1.54) is 30.3 Å². The number of para-hydroxylation sites is 1. The van der Waals surface area contributed by atoms with Crippen molar-refractivity contribution in [3.63, 3.8) is 0 Å². The predicted octanol–water partition coefficient (Wildman–Crippen LogP) is 5.75. The first-order valence-electron chi connectivity index (χ1n) is 11.1. The third-order valence-corrected chi connectivity index (χ3v) is 5.94. The average Bonchev–Trinajstić information content (AvgIpc) is 2.91. The molecule has 1 amide bonds. The molecule has 5 nitrogen and oxygen atoms in total. The molecular formula is C30H18FNO4. The summed E-state index contributed by atoms with van der Waals surface area (Å²) in [6, 6.07) is 23.5. The number of carbonyl (C=O) groups excluding carboxylic acids is 4. The van der Waals surface area contributed by atoms with Gasteiger partial charge in [-0.1, -0.05) is 72.8 Å². The van der Waals surface area contributed by atoms with E-state index in [1.807, 2.05) is 0 Å². The van der Waals surface area contributed by atoms with Crippen LogP contribution in [0, 0.1) is 5.82 Å². The zero-order valence-electron chi connectivity index (χ0n) is 18.8. The van der Waals surface area contributed by atoms with Crippen LogP contribution in [-0.2, 0) is 0 Å². The Hall–Kier alpha value is -4.97. The summed E-state index contributed by atoms with van der Waals surface area (Å²) in [5.74, 6) is -2.07. The quantitative estimate of drug-likeness (QED) is 0.259. The summed E-state index contributed by atoms with van der Waals surface area (Å²) in [5.41, 5.74) is 2.12. The van der Waals surface area contributed by atoms with Gasteiger partial charge in [0.15, 0.2) is 17.3 Å². The summed E-state index contributed by atoms with van der Waals surface area (Å²) < 4.78 is 13.8. The van der Waals surface area contributed by atoms with E-state index in [1.54, 1.807) is 72.8 Å². The number of nitrogens with one attached hydrogen (secondary N) is 1. The minimum absolute atomic E-state index is 0.0823. The number of fused-ring (bicyclic) bond motifs is 2. The van der Waals surface area contributed by atoms with Crippen molar-refractivity contribution in [3.8, 4) is 0 Å². The number of hydrogen-bond acceptors (Lipinski definition) is 4. The lowest BCUT2D eigenvalue weighted by atomic mass is 9.81. The number of ketones is 3. The second-order valence-electron chi connectivity index (χ2n) is 8.19. The monoisotopic (exact) mass is 475 g/mol. The molecule has 0 heterocycles. The van der Waals surface area contributed by atoms with E-state index in [0.29, 0.717) is 16.7 Å². The molecule has 0 aliphatic heterocycles. The van der Waals surface area contributed by atoms with E-state index >= 15 is 0 Å². The van der Waals surface area contributed by atoms with Crippen molar-refractivity contribution in [2.24, 2.45) is 0 Å². The van der Waals surface area contributed by atoms with Crippen LogP contribution in [-0.4, -0.2) is 23.3 Å². The number of halogens is 1. The van der Waals surface area contributed by atoms with Gasteiger partial charge in [0.05, 0.1) is 5.69 Å². The van der Waals surface area contributed by atoms with E-state index in [4.69, 9.17) is 0 Å². The fourth-order valence-electron chi connectivity index (χ4n) is 4.11. The molecule has 0 saturated carbocycles. The number of benzene rings is 4. The van der Waals surface area contributed by atoms with Crippen LogP contribution in [0.5, 0.6) is 0 Å². The van der Waals surface area contributed by atoms with Crippen LogP contribution in [0.15, 0.2) is 97.1 Å². The molecule has 1 aliphatic carbocycles. The molecule has 1 aliphatic rings. The van der Waals surface area contributed by atoms with Crippen molar-refractivity contribution in [2.75, 3.05) is 5.32 Å². The van der Waals surface area contributed by atoms with Crippen LogP contribution in [0.4, 0.5) is 10.1 Å². The van der Waals surface area contributed by atoms with Crippen molar-refractivity contribution in [1.29, 1.82) is 0 Å².